The number of thioether (sulfide) groups is 1. The Morgan fingerprint density at radius 3 is 2.36 bits per heavy atom. The number of carbonyl (C=O) groups is 1. The van der Waals surface area contributed by atoms with E-state index in [1.165, 1.54) is 11.1 Å². The van der Waals surface area contributed by atoms with Gasteiger partial charge in [0.1, 0.15) is 0 Å². The third kappa shape index (κ3) is 3.20. The van der Waals surface area contributed by atoms with E-state index in [2.05, 4.69) is 36.4 Å². The molecule has 0 aliphatic carbocycles. The lowest BCUT2D eigenvalue weighted by atomic mass is 9.99. The monoisotopic (exact) mass is 311 g/mol. The second kappa shape index (κ2) is 6.17. The molecule has 0 saturated carbocycles. The Labute approximate surface area is 136 Å². The number of rotatable bonds is 3. The fourth-order valence-electron chi connectivity index (χ4n) is 2.88. The molecule has 0 N–H and O–H groups in total. The van der Waals surface area contributed by atoms with E-state index in [-0.39, 0.29) is 5.91 Å². The molecule has 0 saturated heterocycles. The summed E-state index contributed by atoms with van der Waals surface area (Å²) in [6.45, 7) is 5.59. The number of hydrogen-bond donors (Lipinski definition) is 0. The van der Waals surface area contributed by atoms with Crippen LogP contribution in [0.2, 0.25) is 0 Å². The summed E-state index contributed by atoms with van der Waals surface area (Å²) in [5.74, 6) is 0.218. The molecule has 2 aromatic rings. The Balaban J connectivity index is 1.73. The largest absolute Gasteiger partial charge is 0.337 e. The summed E-state index contributed by atoms with van der Waals surface area (Å²) in [7, 11) is 0. The van der Waals surface area contributed by atoms with Crippen molar-refractivity contribution in [2.75, 3.05) is 6.54 Å². The lowest BCUT2D eigenvalue weighted by molar-refractivity contribution is -0.133. The standard InChI is InChI=1S/C19H21NOS/c1-19(2,22-17-10-4-3-5-11-17)18(21)20-13-12-15-8-6-7-9-16(15)14-20/h3-11H,12-14H2,1-2H3. The molecule has 0 unspecified atom stereocenters. The minimum Gasteiger partial charge on any atom is -0.337 e. The van der Waals surface area contributed by atoms with Crippen LogP contribution in [0.15, 0.2) is 59.5 Å². The van der Waals surface area contributed by atoms with Gasteiger partial charge in [-0.25, -0.2) is 0 Å². The van der Waals surface area contributed by atoms with Crippen LogP contribution in [-0.2, 0) is 17.8 Å². The number of benzene rings is 2. The minimum atomic E-state index is -0.451. The minimum absolute atomic E-state index is 0.218. The van der Waals surface area contributed by atoms with E-state index in [0.29, 0.717) is 0 Å². The smallest absolute Gasteiger partial charge is 0.238 e. The normalized spacial score (nSPS) is 14.5. The molecule has 22 heavy (non-hydrogen) atoms. The molecule has 0 bridgehead atoms. The molecule has 0 atom stereocenters. The number of nitrogens with zero attached hydrogens (tertiary/aromatic N) is 1. The maximum atomic E-state index is 12.9. The highest BCUT2D eigenvalue weighted by molar-refractivity contribution is 8.01. The number of amides is 1. The first kappa shape index (κ1) is 15.2. The summed E-state index contributed by atoms with van der Waals surface area (Å²) < 4.78 is -0.451. The zero-order valence-electron chi connectivity index (χ0n) is 13.1. The van der Waals surface area contributed by atoms with Crippen molar-refractivity contribution < 1.29 is 4.79 Å². The summed E-state index contributed by atoms with van der Waals surface area (Å²) >= 11 is 1.64. The number of fused-ring (bicyclic) bond motifs is 1. The van der Waals surface area contributed by atoms with Crippen LogP contribution in [0.1, 0.15) is 25.0 Å². The van der Waals surface area contributed by atoms with Crippen LogP contribution in [0.5, 0.6) is 0 Å². The van der Waals surface area contributed by atoms with Gasteiger partial charge in [-0.2, -0.15) is 0 Å². The van der Waals surface area contributed by atoms with E-state index in [4.69, 9.17) is 0 Å². The second-order valence-corrected chi connectivity index (χ2v) is 7.87. The zero-order chi connectivity index (χ0) is 15.6. The predicted octanol–water partition coefficient (Wildman–Crippen LogP) is 4.14. The molecule has 3 heteroatoms. The molecular formula is C19H21NOS. The first-order valence-corrected chi connectivity index (χ1v) is 8.48. The summed E-state index contributed by atoms with van der Waals surface area (Å²) in [6.07, 6.45) is 0.952. The van der Waals surface area contributed by atoms with E-state index in [1.807, 2.05) is 36.9 Å². The quantitative estimate of drug-likeness (QED) is 0.794. The summed E-state index contributed by atoms with van der Waals surface area (Å²) in [4.78, 5) is 16.1. The van der Waals surface area contributed by atoms with Crippen molar-refractivity contribution in [1.82, 2.24) is 4.90 Å². The van der Waals surface area contributed by atoms with E-state index in [0.717, 1.165) is 24.4 Å². The number of carbonyl (C=O) groups excluding carboxylic acids is 1. The average molecular weight is 311 g/mol. The van der Waals surface area contributed by atoms with Crippen molar-refractivity contribution >= 4 is 17.7 Å². The molecule has 3 rings (SSSR count). The van der Waals surface area contributed by atoms with Crippen molar-refractivity contribution in [2.45, 2.75) is 36.5 Å². The summed E-state index contributed by atoms with van der Waals surface area (Å²) in [5.41, 5.74) is 2.66. The molecule has 114 valence electrons. The Morgan fingerprint density at radius 1 is 1.00 bits per heavy atom. The van der Waals surface area contributed by atoms with Gasteiger partial charge in [-0.15, -0.1) is 11.8 Å². The van der Waals surface area contributed by atoms with Gasteiger partial charge in [0.25, 0.3) is 0 Å². The molecule has 2 aromatic carbocycles. The Morgan fingerprint density at radius 2 is 1.64 bits per heavy atom. The highest BCUT2D eigenvalue weighted by atomic mass is 32.2. The molecule has 0 aromatic heterocycles. The maximum Gasteiger partial charge on any atom is 0.238 e. The highest BCUT2D eigenvalue weighted by Gasteiger charge is 2.34. The van der Waals surface area contributed by atoms with Crippen molar-refractivity contribution in [2.24, 2.45) is 0 Å². The van der Waals surface area contributed by atoms with Crippen LogP contribution in [-0.4, -0.2) is 22.1 Å². The van der Waals surface area contributed by atoms with E-state index < -0.39 is 4.75 Å². The van der Waals surface area contributed by atoms with Gasteiger partial charge in [-0.05, 0) is 43.5 Å². The van der Waals surface area contributed by atoms with Gasteiger partial charge in [-0.3, -0.25) is 4.79 Å². The fourth-order valence-corrected chi connectivity index (χ4v) is 3.98. The third-order valence-electron chi connectivity index (χ3n) is 4.05. The van der Waals surface area contributed by atoms with Gasteiger partial charge >= 0.3 is 0 Å². The lowest BCUT2D eigenvalue weighted by Crippen LogP contribution is -2.45. The van der Waals surface area contributed by atoms with Crippen LogP contribution in [0.4, 0.5) is 0 Å². The van der Waals surface area contributed by atoms with Crippen molar-refractivity contribution in [3.8, 4) is 0 Å². The average Bonchev–Trinajstić information content (AvgIpc) is 2.54. The zero-order valence-corrected chi connectivity index (χ0v) is 13.9. The van der Waals surface area contributed by atoms with Crippen LogP contribution >= 0.6 is 11.8 Å². The maximum absolute atomic E-state index is 12.9. The summed E-state index contributed by atoms with van der Waals surface area (Å²) in [6, 6.07) is 18.6. The van der Waals surface area contributed by atoms with Gasteiger partial charge in [0, 0.05) is 18.0 Å². The SMILES string of the molecule is CC(C)(Sc1ccccc1)C(=O)N1CCc2ccccc2C1. The molecule has 1 amide bonds. The van der Waals surface area contributed by atoms with Crippen LogP contribution in [0, 0.1) is 0 Å². The highest BCUT2D eigenvalue weighted by Crippen LogP contribution is 2.35. The topological polar surface area (TPSA) is 20.3 Å². The van der Waals surface area contributed by atoms with Crippen LogP contribution in [0.3, 0.4) is 0 Å². The van der Waals surface area contributed by atoms with Crippen LogP contribution < -0.4 is 0 Å². The molecule has 0 radical (unpaired) electrons. The van der Waals surface area contributed by atoms with E-state index in [9.17, 15) is 4.79 Å². The van der Waals surface area contributed by atoms with Gasteiger partial charge < -0.3 is 4.90 Å². The van der Waals surface area contributed by atoms with Gasteiger partial charge in [0.15, 0.2) is 0 Å². The molecule has 2 nitrogen and oxygen atoms in total. The van der Waals surface area contributed by atoms with Crippen molar-refractivity contribution in [1.29, 1.82) is 0 Å². The third-order valence-corrected chi connectivity index (χ3v) is 5.24. The second-order valence-electron chi connectivity index (χ2n) is 6.17. The number of hydrogen-bond acceptors (Lipinski definition) is 2. The summed E-state index contributed by atoms with van der Waals surface area (Å²) in [5, 5.41) is 0. The molecule has 1 heterocycles. The molecule has 1 aliphatic rings. The molecule has 1 aliphatic heterocycles. The Bertz CT molecular complexity index is 666. The van der Waals surface area contributed by atoms with Crippen molar-refractivity contribution in [3.05, 3.63) is 65.7 Å². The fraction of sp³-hybridized carbons (Fsp3) is 0.316. The Kier molecular flexibility index (Phi) is 4.25. The molecular weight excluding hydrogens is 290 g/mol. The molecule has 0 fully saturated rings. The Hall–Kier alpha value is -1.74. The predicted molar refractivity (Wildman–Crippen MR) is 91.9 cm³/mol. The van der Waals surface area contributed by atoms with Gasteiger partial charge in [-0.1, -0.05) is 42.5 Å². The van der Waals surface area contributed by atoms with Crippen molar-refractivity contribution in [3.63, 3.8) is 0 Å². The van der Waals surface area contributed by atoms with E-state index in [1.54, 1.807) is 11.8 Å². The molecule has 0 spiro atoms. The first-order valence-electron chi connectivity index (χ1n) is 7.66. The van der Waals surface area contributed by atoms with E-state index >= 15 is 0 Å². The van der Waals surface area contributed by atoms with Crippen LogP contribution in [0.25, 0.3) is 0 Å². The first-order chi connectivity index (χ1) is 10.6. The van der Waals surface area contributed by atoms with Gasteiger partial charge in [0.2, 0.25) is 5.91 Å². The lowest BCUT2D eigenvalue weighted by Gasteiger charge is -2.35. The van der Waals surface area contributed by atoms with Gasteiger partial charge in [0.05, 0.1) is 4.75 Å².